The number of amidine groups is 1. The summed E-state index contributed by atoms with van der Waals surface area (Å²) in [4.78, 5) is 16.6. The summed E-state index contributed by atoms with van der Waals surface area (Å²) in [7, 11) is 0. The lowest BCUT2D eigenvalue weighted by Gasteiger charge is -2.07. The molecule has 0 saturated carbocycles. The molecule has 0 bridgehead atoms. The first-order valence-electron chi connectivity index (χ1n) is 7.00. The van der Waals surface area contributed by atoms with E-state index in [1.54, 1.807) is 6.07 Å². The number of carbonyl (C=O) groups is 1. The first-order valence-corrected chi connectivity index (χ1v) is 7.79. The standard InChI is InChI=1S/C17H17BrN2O3/c1-11-4-3-5-13(8-11)17(19)20-23-16(21)10-22-15-7-6-14(18)9-12(15)2/h3-9H,10H2,1-2H3,(H2,19,20)/p+1. The molecule has 0 atom stereocenters. The van der Waals surface area contributed by atoms with Crippen molar-refractivity contribution in [3.8, 4) is 5.75 Å². The molecule has 6 heteroatoms. The second kappa shape index (κ2) is 7.78. The van der Waals surface area contributed by atoms with Gasteiger partial charge >= 0.3 is 11.8 Å². The molecule has 0 radical (unpaired) electrons. The monoisotopic (exact) mass is 377 g/mol. The van der Waals surface area contributed by atoms with Gasteiger partial charge in [0.15, 0.2) is 6.61 Å². The van der Waals surface area contributed by atoms with E-state index >= 15 is 0 Å². The Kier molecular flexibility index (Phi) is 5.76. The maximum Gasteiger partial charge on any atom is 0.394 e. The van der Waals surface area contributed by atoms with Gasteiger partial charge in [-0.05, 0) is 49.7 Å². The third kappa shape index (κ3) is 5.10. The summed E-state index contributed by atoms with van der Waals surface area (Å²) in [6, 6.07) is 13.1. The highest BCUT2D eigenvalue weighted by Crippen LogP contribution is 2.21. The van der Waals surface area contributed by atoms with Crippen molar-refractivity contribution in [1.82, 2.24) is 0 Å². The topological polar surface area (TPSA) is 75.5 Å². The van der Waals surface area contributed by atoms with Gasteiger partial charge in [0.1, 0.15) is 5.75 Å². The molecule has 0 aliphatic rings. The summed E-state index contributed by atoms with van der Waals surface area (Å²) >= 11 is 3.37. The molecule has 2 rings (SSSR count). The Hall–Kier alpha value is -2.34. The van der Waals surface area contributed by atoms with Gasteiger partial charge in [-0.3, -0.25) is 10.6 Å². The fraction of sp³-hybridized carbons (Fsp3) is 0.176. The number of hydrogen-bond acceptors (Lipinski definition) is 3. The number of benzene rings is 2. The van der Waals surface area contributed by atoms with E-state index in [0.717, 1.165) is 21.2 Å². The first-order chi connectivity index (χ1) is 11.0. The van der Waals surface area contributed by atoms with Crippen molar-refractivity contribution in [3.63, 3.8) is 0 Å². The van der Waals surface area contributed by atoms with Gasteiger partial charge in [0, 0.05) is 4.47 Å². The molecule has 120 valence electrons. The highest BCUT2D eigenvalue weighted by atomic mass is 79.9. The minimum Gasteiger partial charge on any atom is -0.481 e. The van der Waals surface area contributed by atoms with Crippen molar-refractivity contribution < 1.29 is 19.5 Å². The van der Waals surface area contributed by atoms with Crippen LogP contribution in [0.2, 0.25) is 0 Å². The van der Waals surface area contributed by atoms with Crippen LogP contribution in [0, 0.1) is 13.8 Å². The van der Waals surface area contributed by atoms with Gasteiger partial charge in [-0.2, -0.15) is 0 Å². The zero-order valence-electron chi connectivity index (χ0n) is 12.9. The Morgan fingerprint density at radius 2 is 2.00 bits per heavy atom. The van der Waals surface area contributed by atoms with Gasteiger partial charge < -0.3 is 4.74 Å². The number of halogens is 1. The second-order valence-electron chi connectivity index (χ2n) is 5.06. The molecule has 2 aromatic rings. The molecule has 3 N–H and O–H groups in total. The maximum absolute atomic E-state index is 11.7. The van der Waals surface area contributed by atoms with Crippen LogP contribution in [0.4, 0.5) is 0 Å². The summed E-state index contributed by atoms with van der Waals surface area (Å²) in [6.07, 6.45) is 0. The van der Waals surface area contributed by atoms with Gasteiger partial charge in [0.05, 0.1) is 5.56 Å². The van der Waals surface area contributed by atoms with Crippen LogP contribution in [0.5, 0.6) is 5.75 Å². The maximum atomic E-state index is 11.7. The van der Waals surface area contributed by atoms with Crippen LogP contribution < -0.4 is 15.6 Å². The van der Waals surface area contributed by atoms with Gasteiger partial charge in [-0.15, -0.1) is 0 Å². The molecule has 0 aromatic heterocycles. The van der Waals surface area contributed by atoms with E-state index in [0.29, 0.717) is 5.75 Å². The lowest BCUT2D eigenvalue weighted by Crippen LogP contribution is -2.76. The predicted octanol–water partition coefficient (Wildman–Crippen LogP) is 1.39. The van der Waals surface area contributed by atoms with Crippen LogP contribution in [-0.2, 0) is 9.63 Å². The zero-order chi connectivity index (χ0) is 16.8. The second-order valence-corrected chi connectivity index (χ2v) is 5.97. The molecule has 0 saturated heterocycles. The molecule has 5 nitrogen and oxygen atoms in total. The molecular formula is C17H18BrN2O3+. The molecule has 0 heterocycles. The summed E-state index contributed by atoms with van der Waals surface area (Å²) in [5, 5.41) is 2.44. The third-order valence-corrected chi connectivity index (χ3v) is 3.58. The summed E-state index contributed by atoms with van der Waals surface area (Å²) < 4.78 is 6.38. The smallest absolute Gasteiger partial charge is 0.394 e. The quantitative estimate of drug-likeness (QED) is 0.357. The number of nitrogens with one attached hydrogen (secondary N) is 1. The van der Waals surface area contributed by atoms with E-state index in [9.17, 15) is 4.79 Å². The number of aryl methyl sites for hydroxylation is 2. The highest BCUT2D eigenvalue weighted by Gasteiger charge is 2.10. The minimum atomic E-state index is -0.567. The Morgan fingerprint density at radius 3 is 2.70 bits per heavy atom. The summed E-state index contributed by atoms with van der Waals surface area (Å²) in [5.41, 5.74) is 8.58. The number of hydrogen-bond donors (Lipinski definition) is 2. The minimum absolute atomic E-state index is 0.212. The van der Waals surface area contributed by atoms with Crippen molar-refractivity contribution in [2.75, 3.05) is 6.61 Å². The fourth-order valence-electron chi connectivity index (χ4n) is 1.92. The van der Waals surface area contributed by atoms with Gasteiger partial charge in [0.25, 0.3) is 0 Å². The fourth-order valence-corrected chi connectivity index (χ4v) is 2.40. The molecule has 0 unspecified atom stereocenters. The van der Waals surface area contributed by atoms with Crippen molar-refractivity contribution in [3.05, 3.63) is 63.6 Å². The van der Waals surface area contributed by atoms with Crippen LogP contribution in [-0.4, -0.2) is 18.4 Å². The summed E-state index contributed by atoms with van der Waals surface area (Å²) in [6.45, 7) is 3.64. The van der Waals surface area contributed by atoms with Crippen molar-refractivity contribution in [2.24, 2.45) is 5.73 Å². The number of ether oxygens (including phenoxy) is 1. The average molecular weight is 378 g/mol. The van der Waals surface area contributed by atoms with Crippen molar-refractivity contribution in [2.45, 2.75) is 13.8 Å². The van der Waals surface area contributed by atoms with Gasteiger partial charge in [-0.1, -0.05) is 38.8 Å². The van der Waals surface area contributed by atoms with Crippen LogP contribution >= 0.6 is 15.9 Å². The lowest BCUT2D eigenvalue weighted by molar-refractivity contribution is -0.724. The largest absolute Gasteiger partial charge is 0.481 e. The zero-order valence-corrected chi connectivity index (χ0v) is 14.5. The van der Waals surface area contributed by atoms with E-state index in [-0.39, 0.29) is 12.4 Å². The van der Waals surface area contributed by atoms with Gasteiger partial charge in [-0.25, -0.2) is 4.79 Å². The first kappa shape index (κ1) is 17.0. The molecule has 23 heavy (non-hydrogen) atoms. The summed E-state index contributed by atoms with van der Waals surface area (Å²) in [5.74, 6) is 0.325. The van der Waals surface area contributed by atoms with Crippen molar-refractivity contribution in [1.29, 1.82) is 0 Å². The van der Waals surface area contributed by atoms with Gasteiger partial charge in [0.2, 0.25) is 0 Å². The molecule has 0 fully saturated rings. The third-order valence-electron chi connectivity index (χ3n) is 3.09. The Labute approximate surface area is 143 Å². The van der Waals surface area contributed by atoms with E-state index in [1.807, 2.05) is 50.2 Å². The number of rotatable bonds is 5. The van der Waals surface area contributed by atoms with Crippen molar-refractivity contribution >= 4 is 27.7 Å². The Balaban J connectivity index is 1.90. The normalized spacial score (nSPS) is 11.2. The van der Waals surface area contributed by atoms with Crippen LogP contribution in [0.25, 0.3) is 0 Å². The molecular weight excluding hydrogens is 360 g/mol. The van der Waals surface area contributed by atoms with Crippen LogP contribution in [0.15, 0.2) is 46.9 Å². The Morgan fingerprint density at radius 1 is 1.22 bits per heavy atom. The molecule has 2 aromatic carbocycles. The lowest BCUT2D eigenvalue weighted by atomic mass is 10.1. The average Bonchev–Trinajstić information content (AvgIpc) is 2.51. The van der Waals surface area contributed by atoms with E-state index < -0.39 is 5.97 Å². The van der Waals surface area contributed by atoms with Crippen LogP contribution in [0.3, 0.4) is 0 Å². The number of carbonyl (C=O) groups excluding carboxylic acids is 1. The molecule has 0 aliphatic carbocycles. The predicted molar refractivity (Wildman–Crippen MR) is 90.9 cm³/mol. The Bertz CT molecular complexity index is 744. The van der Waals surface area contributed by atoms with E-state index in [2.05, 4.69) is 21.1 Å². The SMILES string of the molecule is Cc1cccc(C(N)=[NH+]OC(=O)COc2ccc(Br)cc2C)c1. The number of nitrogens with two attached hydrogens (primary N) is 1. The molecule has 0 aliphatic heterocycles. The number of nitrogen functional groups attached to an aromatic ring is 1. The molecule has 0 spiro atoms. The molecule has 0 amide bonds. The van der Waals surface area contributed by atoms with E-state index in [4.69, 9.17) is 15.3 Å². The van der Waals surface area contributed by atoms with Crippen LogP contribution in [0.1, 0.15) is 16.7 Å². The highest BCUT2D eigenvalue weighted by molar-refractivity contribution is 9.10. The van der Waals surface area contributed by atoms with E-state index in [1.165, 1.54) is 0 Å².